The average Bonchev–Trinajstić information content (AvgIpc) is 2.80. The molecule has 0 spiro atoms. The van der Waals surface area contributed by atoms with Crippen LogP contribution in [0.25, 0.3) is 0 Å². The van der Waals surface area contributed by atoms with Gasteiger partial charge < -0.3 is 10.6 Å². The van der Waals surface area contributed by atoms with Crippen molar-refractivity contribution in [2.24, 2.45) is 5.73 Å². The Hall–Kier alpha value is -1.59. The van der Waals surface area contributed by atoms with Crippen molar-refractivity contribution in [2.45, 2.75) is 6.54 Å². The number of aromatic nitrogens is 1. The molecule has 0 aliphatic heterocycles. The fraction of sp³-hybridized carbons (Fsp3) is 0.167. The number of nitrogen functional groups attached to an aromatic ring is 1. The van der Waals surface area contributed by atoms with Gasteiger partial charge in [0.1, 0.15) is 5.84 Å². The van der Waals surface area contributed by atoms with Gasteiger partial charge in [0.15, 0.2) is 0 Å². The molecule has 1 heterocycles. The molecule has 0 bridgehead atoms. The summed E-state index contributed by atoms with van der Waals surface area (Å²) in [5, 5.41) is 10.1. The van der Waals surface area contributed by atoms with E-state index in [4.69, 9.17) is 22.7 Å². The van der Waals surface area contributed by atoms with Crippen molar-refractivity contribution >= 4 is 34.5 Å². The van der Waals surface area contributed by atoms with Crippen molar-refractivity contribution in [3.05, 3.63) is 45.4 Å². The van der Waals surface area contributed by atoms with Gasteiger partial charge in [-0.25, -0.2) is 4.98 Å². The minimum Gasteiger partial charge on any atom is -0.384 e. The number of benzene rings is 1. The summed E-state index contributed by atoms with van der Waals surface area (Å²) in [7, 11) is 1.93. The van der Waals surface area contributed by atoms with Crippen molar-refractivity contribution in [1.29, 1.82) is 5.41 Å². The molecule has 1 aromatic heterocycles. The van der Waals surface area contributed by atoms with Crippen LogP contribution in [0.4, 0.5) is 5.69 Å². The van der Waals surface area contributed by atoms with Crippen molar-refractivity contribution in [3.8, 4) is 0 Å². The summed E-state index contributed by atoms with van der Waals surface area (Å²) < 4.78 is 0. The SMILES string of the molecule is CN(Cc1cscn1)c1cccc(Cl)c1C(=N)N. The van der Waals surface area contributed by atoms with Gasteiger partial charge in [-0.1, -0.05) is 17.7 Å². The molecular weight excluding hydrogens is 268 g/mol. The number of thiazole rings is 1. The smallest absolute Gasteiger partial charge is 0.126 e. The summed E-state index contributed by atoms with van der Waals surface area (Å²) in [5.41, 5.74) is 9.77. The number of anilines is 1. The quantitative estimate of drug-likeness (QED) is 0.668. The zero-order valence-electron chi connectivity index (χ0n) is 9.85. The molecule has 6 heteroatoms. The maximum absolute atomic E-state index is 7.61. The van der Waals surface area contributed by atoms with Crippen LogP contribution in [0.5, 0.6) is 0 Å². The van der Waals surface area contributed by atoms with Crippen molar-refractivity contribution in [1.82, 2.24) is 4.98 Å². The summed E-state index contributed by atoms with van der Waals surface area (Å²) in [6.07, 6.45) is 0. The van der Waals surface area contributed by atoms with Crippen LogP contribution < -0.4 is 10.6 Å². The highest BCUT2D eigenvalue weighted by Gasteiger charge is 2.13. The zero-order valence-corrected chi connectivity index (χ0v) is 11.4. The first-order valence-electron chi connectivity index (χ1n) is 5.30. The summed E-state index contributed by atoms with van der Waals surface area (Å²) in [6, 6.07) is 5.48. The molecule has 2 rings (SSSR count). The standard InChI is InChI=1S/C12H13ClN4S/c1-17(5-8-6-18-7-16-8)10-4-2-3-9(13)11(10)12(14)15/h2-4,6-7H,5H2,1H3,(H3,14,15). The fourth-order valence-corrected chi connectivity index (χ4v) is 2.56. The highest BCUT2D eigenvalue weighted by Crippen LogP contribution is 2.27. The van der Waals surface area contributed by atoms with Gasteiger partial charge in [0.2, 0.25) is 0 Å². The number of rotatable bonds is 4. The van der Waals surface area contributed by atoms with E-state index in [0.29, 0.717) is 17.1 Å². The number of hydrogen-bond donors (Lipinski definition) is 2. The van der Waals surface area contributed by atoms with Crippen LogP contribution in [0.1, 0.15) is 11.3 Å². The van der Waals surface area contributed by atoms with Crippen LogP contribution in [0.15, 0.2) is 29.1 Å². The van der Waals surface area contributed by atoms with Crippen molar-refractivity contribution in [2.75, 3.05) is 11.9 Å². The number of nitrogens with two attached hydrogens (primary N) is 1. The first-order chi connectivity index (χ1) is 8.59. The van der Waals surface area contributed by atoms with E-state index >= 15 is 0 Å². The Morgan fingerprint density at radius 1 is 1.56 bits per heavy atom. The molecule has 4 nitrogen and oxygen atoms in total. The minimum absolute atomic E-state index is 0.0271. The summed E-state index contributed by atoms with van der Waals surface area (Å²) in [5.74, 6) is -0.0271. The van der Waals surface area contributed by atoms with E-state index in [9.17, 15) is 0 Å². The highest BCUT2D eigenvalue weighted by atomic mass is 35.5. The van der Waals surface area contributed by atoms with E-state index in [2.05, 4.69) is 4.98 Å². The molecule has 0 radical (unpaired) electrons. The van der Waals surface area contributed by atoms with Crippen LogP contribution in [0.3, 0.4) is 0 Å². The first kappa shape index (κ1) is 12.9. The number of amidine groups is 1. The van der Waals surface area contributed by atoms with Gasteiger partial charge in [-0.3, -0.25) is 5.41 Å². The number of nitrogens with one attached hydrogen (secondary N) is 1. The van der Waals surface area contributed by atoms with E-state index in [0.717, 1.165) is 11.4 Å². The maximum Gasteiger partial charge on any atom is 0.126 e. The monoisotopic (exact) mass is 280 g/mol. The van der Waals surface area contributed by atoms with Crippen LogP contribution >= 0.6 is 22.9 Å². The molecule has 94 valence electrons. The van der Waals surface area contributed by atoms with Gasteiger partial charge in [-0.05, 0) is 12.1 Å². The minimum atomic E-state index is -0.0271. The Bertz CT molecular complexity index is 553. The second kappa shape index (κ2) is 5.37. The van der Waals surface area contributed by atoms with E-state index in [-0.39, 0.29) is 5.84 Å². The van der Waals surface area contributed by atoms with E-state index < -0.39 is 0 Å². The number of nitrogens with zero attached hydrogens (tertiary/aromatic N) is 2. The van der Waals surface area contributed by atoms with E-state index in [1.807, 2.05) is 29.5 Å². The largest absolute Gasteiger partial charge is 0.384 e. The molecule has 0 saturated heterocycles. The molecule has 0 amide bonds. The number of halogens is 1. The molecular formula is C12H13ClN4S. The third kappa shape index (κ3) is 2.63. The van der Waals surface area contributed by atoms with Crippen molar-refractivity contribution < 1.29 is 0 Å². The second-order valence-corrected chi connectivity index (χ2v) is 5.01. The molecule has 0 unspecified atom stereocenters. The second-order valence-electron chi connectivity index (χ2n) is 3.88. The third-order valence-electron chi connectivity index (χ3n) is 2.55. The summed E-state index contributed by atoms with van der Waals surface area (Å²) in [4.78, 5) is 6.22. The predicted octanol–water partition coefficient (Wildman–Crippen LogP) is 2.72. The molecule has 0 aliphatic rings. The predicted molar refractivity (Wildman–Crippen MR) is 76.7 cm³/mol. The molecule has 0 atom stereocenters. The first-order valence-corrected chi connectivity index (χ1v) is 6.62. The van der Waals surface area contributed by atoms with E-state index in [1.54, 1.807) is 22.9 Å². The Balaban J connectivity index is 2.32. The van der Waals surface area contributed by atoms with Gasteiger partial charge in [0.05, 0.1) is 28.3 Å². The molecule has 18 heavy (non-hydrogen) atoms. The molecule has 3 N–H and O–H groups in total. The van der Waals surface area contributed by atoms with Crippen LogP contribution in [-0.4, -0.2) is 17.9 Å². The Labute approximate surface area is 115 Å². The molecule has 0 fully saturated rings. The molecule has 0 saturated carbocycles. The zero-order chi connectivity index (χ0) is 13.1. The van der Waals surface area contributed by atoms with Crippen LogP contribution in [0, 0.1) is 5.41 Å². The fourth-order valence-electron chi connectivity index (χ4n) is 1.74. The maximum atomic E-state index is 7.61. The molecule has 1 aromatic carbocycles. The molecule has 2 aromatic rings. The lowest BCUT2D eigenvalue weighted by atomic mass is 10.1. The Morgan fingerprint density at radius 2 is 2.33 bits per heavy atom. The Kier molecular flexibility index (Phi) is 3.84. The lowest BCUT2D eigenvalue weighted by Crippen LogP contribution is -2.22. The van der Waals surface area contributed by atoms with E-state index in [1.165, 1.54) is 0 Å². The van der Waals surface area contributed by atoms with Gasteiger partial charge in [0.25, 0.3) is 0 Å². The van der Waals surface area contributed by atoms with Gasteiger partial charge in [-0.2, -0.15) is 0 Å². The lowest BCUT2D eigenvalue weighted by molar-refractivity contribution is 0.893. The average molecular weight is 281 g/mol. The lowest BCUT2D eigenvalue weighted by Gasteiger charge is -2.21. The van der Waals surface area contributed by atoms with Gasteiger partial charge in [-0.15, -0.1) is 11.3 Å². The highest BCUT2D eigenvalue weighted by molar-refractivity contribution is 7.07. The molecule has 0 aliphatic carbocycles. The van der Waals surface area contributed by atoms with Crippen LogP contribution in [0.2, 0.25) is 5.02 Å². The van der Waals surface area contributed by atoms with Crippen molar-refractivity contribution in [3.63, 3.8) is 0 Å². The summed E-state index contributed by atoms with van der Waals surface area (Å²) >= 11 is 7.65. The third-order valence-corrected chi connectivity index (χ3v) is 3.51. The van der Waals surface area contributed by atoms with Gasteiger partial charge in [0, 0.05) is 18.1 Å². The van der Waals surface area contributed by atoms with Gasteiger partial charge >= 0.3 is 0 Å². The normalized spacial score (nSPS) is 10.3. The Morgan fingerprint density at radius 3 is 2.94 bits per heavy atom. The van der Waals surface area contributed by atoms with Crippen LogP contribution in [-0.2, 0) is 6.54 Å². The summed E-state index contributed by atoms with van der Waals surface area (Å²) in [6.45, 7) is 0.657. The topological polar surface area (TPSA) is 66.0 Å². The number of hydrogen-bond acceptors (Lipinski definition) is 4.